The Morgan fingerprint density at radius 2 is 2.56 bits per heavy atom. The summed E-state index contributed by atoms with van der Waals surface area (Å²) < 4.78 is 0. The zero-order chi connectivity index (χ0) is 6.69. The van der Waals surface area contributed by atoms with Crippen molar-refractivity contribution in [1.29, 1.82) is 0 Å². The second-order valence-corrected chi connectivity index (χ2v) is 2.95. The molecule has 3 heteroatoms. The number of aryl methyl sites for hydroxylation is 1. The topological polar surface area (TPSA) is 36.7 Å². The predicted molar refractivity (Wildman–Crippen MR) is 38.3 cm³/mol. The van der Waals surface area contributed by atoms with E-state index in [-0.39, 0.29) is 0 Å². The molecule has 0 aliphatic heterocycles. The first-order valence-corrected chi connectivity index (χ1v) is 3.76. The zero-order valence-corrected chi connectivity index (χ0v) is 6.16. The largest absolute Gasteiger partial charge is 0.251 e. The van der Waals surface area contributed by atoms with Gasteiger partial charge in [-0.05, 0) is 6.42 Å². The maximum atomic E-state index is 6.98. The third-order valence-electron chi connectivity index (χ3n) is 1.10. The fraction of sp³-hybridized carbons (Fsp3) is 0.500. The summed E-state index contributed by atoms with van der Waals surface area (Å²) in [6.45, 7) is 2.42. The monoisotopic (exact) mass is 141 g/mol. The average Bonchev–Trinajstić information content (AvgIpc) is 2.34. The van der Waals surface area contributed by atoms with Gasteiger partial charge in [0.1, 0.15) is 5.01 Å². The molecule has 1 radical (unpaired) electrons. The summed E-state index contributed by atoms with van der Waals surface area (Å²) in [7, 11) is 0. The molecule has 0 saturated heterocycles. The number of hydrogen-bond donors (Lipinski definition) is 0. The zero-order valence-electron chi connectivity index (χ0n) is 5.35. The smallest absolute Gasteiger partial charge is 0.108 e. The number of nitrogens with one attached hydrogen (secondary N) is 1. The third kappa shape index (κ3) is 1.50. The highest BCUT2D eigenvalue weighted by Gasteiger charge is 1.95. The molecule has 1 heterocycles. The van der Waals surface area contributed by atoms with Crippen LogP contribution < -0.4 is 5.73 Å². The Labute approximate surface area is 58.7 Å². The van der Waals surface area contributed by atoms with Crippen molar-refractivity contribution in [2.24, 2.45) is 0 Å². The molecule has 0 amide bonds. The second-order valence-electron chi connectivity index (χ2n) is 1.75. The molecule has 0 aromatic carbocycles. The first-order chi connectivity index (χ1) is 4.36. The maximum Gasteiger partial charge on any atom is 0.108 e. The summed E-state index contributed by atoms with van der Waals surface area (Å²) in [6.07, 6.45) is 2.90. The van der Waals surface area contributed by atoms with Crippen LogP contribution in [0.5, 0.6) is 0 Å². The lowest BCUT2D eigenvalue weighted by Crippen LogP contribution is -1.78. The lowest BCUT2D eigenvalue weighted by atomic mass is 10.4. The molecule has 0 atom stereocenters. The van der Waals surface area contributed by atoms with Crippen LogP contribution in [0.15, 0.2) is 6.20 Å². The van der Waals surface area contributed by atoms with Crippen LogP contribution in [-0.2, 0) is 13.0 Å². The van der Waals surface area contributed by atoms with E-state index in [1.165, 1.54) is 4.88 Å². The van der Waals surface area contributed by atoms with Gasteiger partial charge in [-0.15, -0.1) is 11.3 Å². The van der Waals surface area contributed by atoms with Crippen molar-refractivity contribution in [3.8, 4) is 0 Å². The van der Waals surface area contributed by atoms with Crippen LogP contribution in [0.2, 0.25) is 0 Å². The van der Waals surface area contributed by atoms with E-state index in [1.807, 2.05) is 6.20 Å². The highest BCUT2D eigenvalue weighted by Crippen LogP contribution is 2.11. The molecule has 0 fully saturated rings. The quantitative estimate of drug-likeness (QED) is 0.614. The van der Waals surface area contributed by atoms with Gasteiger partial charge in [0.25, 0.3) is 0 Å². The maximum absolute atomic E-state index is 6.98. The number of rotatable bonds is 2. The van der Waals surface area contributed by atoms with Crippen molar-refractivity contribution in [2.75, 3.05) is 0 Å². The van der Waals surface area contributed by atoms with Gasteiger partial charge in [-0.1, -0.05) is 6.92 Å². The first-order valence-electron chi connectivity index (χ1n) is 2.95. The van der Waals surface area contributed by atoms with Gasteiger partial charge in [0.15, 0.2) is 0 Å². The highest BCUT2D eigenvalue weighted by molar-refractivity contribution is 7.11. The van der Waals surface area contributed by atoms with Crippen molar-refractivity contribution in [3.05, 3.63) is 16.1 Å². The minimum atomic E-state index is 0.324. The summed E-state index contributed by atoms with van der Waals surface area (Å²) in [5.74, 6) is 0. The highest BCUT2D eigenvalue weighted by atomic mass is 32.1. The summed E-state index contributed by atoms with van der Waals surface area (Å²) in [5.41, 5.74) is 6.98. The molecule has 1 aromatic rings. The van der Waals surface area contributed by atoms with Crippen molar-refractivity contribution < 1.29 is 0 Å². The molecule has 0 aliphatic carbocycles. The number of hydrogen-bond acceptors (Lipinski definition) is 2. The SMILES string of the molecule is CCc1cnc(C[NH])s1. The van der Waals surface area contributed by atoms with E-state index >= 15 is 0 Å². The summed E-state index contributed by atoms with van der Waals surface area (Å²) in [5, 5.41) is 0.923. The Bertz CT molecular complexity index is 164. The lowest BCUT2D eigenvalue weighted by molar-refractivity contribution is 1.000. The van der Waals surface area contributed by atoms with Crippen LogP contribution in [0.1, 0.15) is 16.8 Å². The van der Waals surface area contributed by atoms with Crippen molar-refractivity contribution in [1.82, 2.24) is 10.7 Å². The molecule has 2 nitrogen and oxygen atoms in total. The van der Waals surface area contributed by atoms with Gasteiger partial charge in [-0.2, -0.15) is 0 Å². The van der Waals surface area contributed by atoms with Crippen LogP contribution in [0.25, 0.3) is 0 Å². The van der Waals surface area contributed by atoms with Gasteiger partial charge in [0.05, 0.1) is 6.54 Å². The van der Waals surface area contributed by atoms with E-state index in [1.54, 1.807) is 11.3 Å². The fourth-order valence-corrected chi connectivity index (χ4v) is 1.32. The molecular formula is C6H9N2S. The average molecular weight is 141 g/mol. The normalized spacial score (nSPS) is 10.0. The molecule has 0 spiro atoms. The minimum absolute atomic E-state index is 0.324. The number of aromatic nitrogens is 1. The van der Waals surface area contributed by atoms with Crippen LogP contribution in [0.3, 0.4) is 0 Å². The number of nitrogens with zero attached hydrogens (tertiary/aromatic N) is 1. The molecule has 9 heavy (non-hydrogen) atoms. The van der Waals surface area contributed by atoms with E-state index in [2.05, 4.69) is 11.9 Å². The fourth-order valence-electron chi connectivity index (χ4n) is 0.593. The van der Waals surface area contributed by atoms with E-state index < -0.39 is 0 Å². The van der Waals surface area contributed by atoms with Crippen molar-refractivity contribution in [2.45, 2.75) is 19.9 Å². The minimum Gasteiger partial charge on any atom is -0.251 e. The summed E-state index contributed by atoms with van der Waals surface area (Å²) in [6, 6.07) is 0. The van der Waals surface area contributed by atoms with Gasteiger partial charge >= 0.3 is 0 Å². The molecule has 0 unspecified atom stereocenters. The van der Waals surface area contributed by atoms with Gasteiger partial charge in [-0.3, -0.25) is 5.73 Å². The van der Waals surface area contributed by atoms with Crippen molar-refractivity contribution >= 4 is 11.3 Å². The molecule has 0 bridgehead atoms. The van der Waals surface area contributed by atoms with E-state index in [0.717, 1.165) is 11.4 Å². The molecule has 0 saturated carbocycles. The predicted octanol–water partition coefficient (Wildman–Crippen LogP) is 1.49. The Morgan fingerprint density at radius 3 is 2.89 bits per heavy atom. The molecule has 0 aliphatic rings. The van der Waals surface area contributed by atoms with Gasteiger partial charge in [0.2, 0.25) is 0 Å². The molecule has 1 aromatic heterocycles. The Morgan fingerprint density at radius 1 is 1.78 bits per heavy atom. The van der Waals surface area contributed by atoms with Crippen LogP contribution >= 0.6 is 11.3 Å². The van der Waals surface area contributed by atoms with Crippen molar-refractivity contribution in [3.63, 3.8) is 0 Å². The Balaban J connectivity index is 2.74. The standard InChI is InChI=1S/C6H9N2S/c1-2-5-4-8-6(3-7)9-5/h4,7H,2-3H2,1H3. The Hall–Kier alpha value is -0.410. The molecule has 49 valence electrons. The summed E-state index contributed by atoms with van der Waals surface area (Å²) >= 11 is 1.63. The van der Waals surface area contributed by atoms with Crippen LogP contribution in [0.4, 0.5) is 0 Å². The Kier molecular flexibility index (Phi) is 2.19. The van der Waals surface area contributed by atoms with Gasteiger partial charge < -0.3 is 0 Å². The second kappa shape index (κ2) is 2.94. The van der Waals surface area contributed by atoms with E-state index in [4.69, 9.17) is 5.73 Å². The number of thiazole rings is 1. The van der Waals surface area contributed by atoms with Crippen LogP contribution in [0, 0.1) is 0 Å². The molecular weight excluding hydrogens is 132 g/mol. The van der Waals surface area contributed by atoms with E-state index in [0.29, 0.717) is 6.54 Å². The summed E-state index contributed by atoms with van der Waals surface area (Å²) in [4.78, 5) is 5.31. The van der Waals surface area contributed by atoms with E-state index in [9.17, 15) is 0 Å². The van der Waals surface area contributed by atoms with Gasteiger partial charge in [-0.25, -0.2) is 4.98 Å². The first kappa shape index (κ1) is 6.71. The lowest BCUT2D eigenvalue weighted by Gasteiger charge is -1.81. The molecule has 1 rings (SSSR count). The molecule has 1 N–H and O–H groups in total. The van der Waals surface area contributed by atoms with Crippen LogP contribution in [-0.4, -0.2) is 4.98 Å². The third-order valence-corrected chi connectivity index (χ3v) is 2.24. The van der Waals surface area contributed by atoms with Gasteiger partial charge in [0, 0.05) is 11.1 Å².